The molecule has 0 aliphatic heterocycles. The second-order valence-electron chi connectivity index (χ2n) is 2.30. The van der Waals surface area contributed by atoms with Crippen molar-refractivity contribution in [3.8, 4) is 0 Å². The number of hydrazine groups is 1. The summed E-state index contributed by atoms with van der Waals surface area (Å²) in [6, 6.07) is -0.285. The molecular weight excluding hydrogens is 146 g/mol. The number of nitrogens with two attached hydrogens (primary N) is 1. The molecule has 1 unspecified atom stereocenters. The van der Waals surface area contributed by atoms with Crippen molar-refractivity contribution >= 4 is 6.03 Å². The molecule has 4 N–H and O–H groups in total. The van der Waals surface area contributed by atoms with Crippen molar-refractivity contribution in [3.63, 3.8) is 0 Å². The van der Waals surface area contributed by atoms with Crippen LogP contribution >= 0.6 is 0 Å². The molecule has 0 saturated carbocycles. The molecule has 0 rings (SSSR count). The fourth-order valence-corrected chi connectivity index (χ4v) is 0.632. The van der Waals surface area contributed by atoms with Gasteiger partial charge in [-0.2, -0.15) is 0 Å². The first kappa shape index (κ1) is 10.2. The van der Waals surface area contributed by atoms with Gasteiger partial charge in [0.05, 0.1) is 0 Å². The van der Waals surface area contributed by atoms with Crippen LogP contribution in [0, 0.1) is 0 Å². The summed E-state index contributed by atoms with van der Waals surface area (Å²) in [4.78, 5) is 10.6. The van der Waals surface area contributed by atoms with Crippen molar-refractivity contribution in [2.24, 2.45) is 5.84 Å². The number of urea groups is 1. The van der Waals surface area contributed by atoms with Gasteiger partial charge in [0.2, 0.25) is 0 Å². The fraction of sp³-hybridized carbons (Fsp3) is 0.833. The first-order valence-electron chi connectivity index (χ1n) is 3.46. The van der Waals surface area contributed by atoms with Gasteiger partial charge >= 0.3 is 6.03 Å². The lowest BCUT2D eigenvalue weighted by Gasteiger charge is -2.11. The molecule has 0 radical (unpaired) electrons. The third-order valence-corrected chi connectivity index (χ3v) is 1.26. The van der Waals surface area contributed by atoms with E-state index in [0.717, 1.165) is 6.42 Å². The van der Waals surface area contributed by atoms with Crippen LogP contribution in [0.2, 0.25) is 0 Å². The van der Waals surface area contributed by atoms with Crippen molar-refractivity contribution in [1.82, 2.24) is 10.7 Å². The lowest BCUT2D eigenvalue weighted by atomic mass is 10.2. The molecule has 0 bridgehead atoms. The van der Waals surface area contributed by atoms with Gasteiger partial charge in [-0.15, -0.1) is 0 Å². The number of hydrogen-bond acceptors (Lipinski definition) is 3. The van der Waals surface area contributed by atoms with Crippen LogP contribution in [0.3, 0.4) is 0 Å². The SMILES string of the molecule is COCCC(C)NC(=O)NN. The maximum absolute atomic E-state index is 10.6. The van der Waals surface area contributed by atoms with Crippen LogP contribution in [0.1, 0.15) is 13.3 Å². The van der Waals surface area contributed by atoms with Crippen molar-refractivity contribution in [2.45, 2.75) is 19.4 Å². The minimum Gasteiger partial charge on any atom is -0.385 e. The summed E-state index contributed by atoms with van der Waals surface area (Å²) in [5, 5.41) is 2.61. The zero-order valence-electron chi connectivity index (χ0n) is 6.89. The Hall–Kier alpha value is -0.810. The number of ether oxygens (including phenoxy) is 1. The summed E-state index contributed by atoms with van der Waals surface area (Å²) >= 11 is 0. The van der Waals surface area contributed by atoms with Gasteiger partial charge in [-0.1, -0.05) is 0 Å². The molecular formula is C6H15N3O2. The van der Waals surface area contributed by atoms with Crippen molar-refractivity contribution in [1.29, 1.82) is 0 Å². The van der Waals surface area contributed by atoms with E-state index in [9.17, 15) is 4.79 Å². The molecule has 0 aliphatic rings. The number of nitrogens with one attached hydrogen (secondary N) is 2. The summed E-state index contributed by atoms with van der Waals surface area (Å²) in [5.74, 6) is 4.86. The predicted octanol–water partition coefficient (Wildman–Crippen LogP) is -0.416. The van der Waals surface area contributed by atoms with E-state index < -0.39 is 0 Å². The second-order valence-corrected chi connectivity index (χ2v) is 2.30. The molecule has 0 fully saturated rings. The summed E-state index contributed by atoms with van der Waals surface area (Å²) in [5.41, 5.74) is 1.98. The molecule has 0 heterocycles. The number of amides is 2. The monoisotopic (exact) mass is 161 g/mol. The Bertz CT molecular complexity index is 118. The molecule has 0 aromatic carbocycles. The van der Waals surface area contributed by atoms with Gasteiger partial charge in [0.1, 0.15) is 0 Å². The molecule has 5 heteroatoms. The highest BCUT2D eigenvalue weighted by Crippen LogP contribution is 1.89. The number of carbonyl (C=O) groups excluding carboxylic acids is 1. The predicted molar refractivity (Wildman–Crippen MR) is 41.8 cm³/mol. The molecule has 11 heavy (non-hydrogen) atoms. The van der Waals surface area contributed by atoms with E-state index in [1.165, 1.54) is 0 Å². The molecule has 2 amide bonds. The van der Waals surface area contributed by atoms with E-state index in [2.05, 4.69) is 5.32 Å². The summed E-state index contributed by atoms with van der Waals surface area (Å²) < 4.78 is 4.82. The molecule has 0 aromatic rings. The smallest absolute Gasteiger partial charge is 0.329 e. The van der Waals surface area contributed by atoms with Gasteiger partial charge in [0.25, 0.3) is 0 Å². The van der Waals surface area contributed by atoms with E-state index in [4.69, 9.17) is 10.6 Å². The van der Waals surface area contributed by atoms with Gasteiger partial charge < -0.3 is 10.1 Å². The van der Waals surface area contributed by atoms with E-state index in [1.807, 2.05) is 12.3 Å². The van der Waals surface area contributed by atoms with Crippen LogP contribution in [0.15, 0.2) is 0 Å². The third kappa shape index (κ3) is 5.63. The fourth-order valence-electron chi connectivity index (χ4n) is 0.632. The zero-order chi connectivity index (χ0) is 8.69. The Labute approximate surface area is 66.2 Å². The Balaban J connectivity index is 3.35. The Morgan fingerprint density at radius 2 is 2.36 bits per heavy atom. The first-order chi connectivity index (χ1) is 5.20. The second kappa shape index (κ2) is 5.94. The summed E-state index contributed by atoms with van der Waals surface area (Å²) in [6.07, 6.45) is 0.782. The molecule has 1 atom stereocenters. The lowest BCUT2D eigenvalue weighted by Crippen LogP contribution is -2.44. The van der Waals surface area contributed by atoms with Crippen molar-refractivity contribution in [2.75, 3.05) is 13.7 Å². The number of methoxy groups -OCH3 is 1. The largest absolute Gasteiger partial charge is 0.385 e. The molecule has 0 aromatic heterocycles. The normalized spacial score (nSPS) is 12.3. The minimum absolute atomic E-state index is 0.0819. The molecule has 0 saturated heterocycles. The topological polar surface area (TPSA) is 76.4 Å². The van der Waals surface area contributed by atoms with E-state index in [0.29, 0.717) is 6.61 Å². The van der Waals surface area contributed by atoms with Gasteiger partial charge in [0, 0.05) is 19.8 Å². The van der Waals surface area contributed by atoms with Crippen molar-refractivity contribution in [3.05, 3.63) is 0 Å². The van der Waals surface area contributed by atoms with E-state index >= 15 is 0 Å². The van der Waals surface area contributed by atoms with Crippen LogP contribution < -0.4 is 16.6 Å². The summed E-state index contributed by atoms with van der Waals surface area (Å²) in [7, 11) is 1.62. The average molecular weight is 161 g/mol. The van der Waals surface area contributed by atoms with E-state index in [1.54, 1.807) is 7.11 Å². The van der Waals surface area contributed by atoms with Crippen LogP contribution in [0.25, 0.3) is 0 Å². The Kier molecular flexibility index (Phi) is 5.50. The van der Waals surface area contributed by atoms with Crippen LogP contribution in [-0.2, 0) is 4.74 Å². The minimum atomic E-state index is -0.367. The highest BCUT2D eigenvalue weighted by Gasteiger charge is 2.03. The molecule has 5 nitrogen and oxygen atoms in total. The zero-order valence-corrected chi connectivity index (χ0v) is 6.89. The number of carbonyl (C=O) groups is 1. The van der Waals surface area contributed by atoms with Crippen molar-refractivity contribution < 1.29 is 9.53 Å². The Morgan fingerprint density at radius 1 is 1.73 bits per heavy atom. The van der Waals surface area contributed by atoms with Gasteiger partial charge in [-0.05, 0) is 13.3 Å². The number of hydrogen-bond donors (Lipinski definition) is 3. The van der Waals surface area contributed by atoms with Gasteiger partial charge in [0.15, 0.2) is 0 Å². The maximum Gasteiger partial charge on any atom is 0.329 e. The summed E-state index contributed by atoms with van der Waals surface area (Å²) in [6.45, 7) is 2.51. The van der Waals surface area contributed by atoms with Crippen LogP contribution in [0.4, 0.5) is 4.79 Å². The Morgan fingerprint density at radius 3 is 2.82 bits per heavy atom. The molecule has 66 valence electrons. The molecule has 0 spiro atoms. The first-order valence-corrected chi connectivity index (χ1v) is 3.46. The van der Waals surface area contributed by atoms with E-state index in [-0.39, 0.29) is 12.1 Å². The quantitative estimate of drug-likeness (QED) is 0.298. The van der Waals surface area contributed by atoms with Gasteiger partial charge in [-0.3, -0.25) is 5.43 Å². The highest BCUT2D eigenvalue weighted by molar-refractivity contribution is 5.73. The standard InChI is InChI=1S/C6H15N3O2/c1-5(3-4-11-2)8-6(10)9-7/h5H,3-4,7H2,1-2H3,(H2,8,9,10). The number of rotatable bonds is 4. The van der Waals surface area contributed by atoms with Crippen LogP contribution in [0.5, 0.6) is 0 Å². The highest BCUT2D eigenvalue weighted by atomic mass is 16.5. The average Bonchev–Trinajstić information content (AvgIpc) is 2.00. The third-order valence-electron chi connectivity index (χ3n) is 1.26. The van der Waals surface area contributed by atoms with Crippen LogP contribution in [-0.4, -0.2) is 25.8 Å². The maximum atomic E-state index is 10.6. The van der Waals surface area contributed by atoms with Gasteiger partial charge in [-0.25, -0.2) is 10.6 Å². The molecule has 0 aliphatic carbocycles. The lowest BCUT2D eigenvalue weighted by molar-refractivity contribution is 0.184.